The first-order chi connectivity index (χ1) is 11.5. The maximum atomic E-state index is 9.72. The molecule has 1 N–H and O–H groups in total. The number of aliphatic hydroxyl groups is 1. The number of likely N-dealkylation sites (N-methyl/N-ethyl adjacent to an activating group) is 1. The highest BCUT2D eigenvalue weighted by molar-refractivity contribution is 6.42. The molecule has 0 bridgehead atoms. The Hall–Kier alpha value is -1.06. The van der Waals surface area contributed by atoms with Gasteiger partial charge in [0.05, 0.1) is 16.1 Å². The summed E-state index contributed by atoms with van der Waals surface area (Å²) in [4.78, 5) is 2.26. The van der Waals surface area contributed by atoms with Crippen LogP contribution in [0, 0.1) is 0 Å². The first-order valence-electron chi connectivity index (χ1n) is 8.39. The van der Waals surface area contributed by atoms with Gasteiger partial charge in [-0.25, -0.2) is 0 Å². The summed E-state index contributed by atoms with van der Waals surface area (Å²) in [5.41, 5.74) is 3.92. The highest BCUT2D eigenvalue weighted by atomic mass is 35.5. The number of halogens is 2. The van der Waals surface area contributed by atoms with Crippen LogP contribution < -0.4 is 0 Å². The second-order valence-corrected chi connectivity index (χ2v) is 7.55. The minimum atomic E-state index is -0.324. The summed E-state index contributed by atoms with van der Waals surface area (Å²) in [6.45, 7) is 2.51. The van der Waals surface area contributed by atoms with Crippen LogP contribution in [0.1, 0.15) is 48.4 Å². The van der Waals surface area contributed by atoms with Gasteiger partial charge in [-0.05, 0) is 55.6 Å². The Bertz CT molecular complexity index is 717. The number of aliphatic hydroxyl groups excluding tert-OH is 1. The van der Waals surface area contributed by atoms with E-state index < -0.39 is 0 Å². The van der Waals surface area contributed by atoms with Crippen LogP contribution in [0.5, 0.6) is 0 Å². The molecule has 2 nitrogen and oxygen atoms in total. The minimum Gasteiger partial charge on any atom is -0.392 e. The van der Waals surface area contributed by atoms with Gasteiger partial charge in [-0.2, -0.15) is 0 Å². The number of rotatable bonds is 4. The van der Waals surface area contributed by atoms with Gasteiger partial charge in [0, 0.05) is 18.5 Å². The van der Waals surface area contributed by atoms with Gasteiger partial charge < -0.3 is 5.11 Å². The van der Waals surface area contributed by atoms with Crippen LogP contribution in [-0.2, 0) is 0 Å². The lowest BCUT2D eigenvalue weighted by atomic mass is 9.76. The van der Waals surface area contributed by atoms with Crippen molar-refractivity contribution in [3.8, 4) is 0 Å². The molecule has 1 aliphatic carbocycles. The minimum absolute atomic E-state index is 0.324. The van der Waals surface area contributed by atoms with E-state index in [1.165, 1.54) is 16.7 Å². The highest BCUT2D eigenvalue weighted by Gasteiger charge is 2.30. The van der Waals surface area contributed by atoms with Crippen LogP contribution in [0.3, 0.4) is 0 Å². The van der Waals surface area contributed by atoms with Crippen molar-refractivity contribution < 1.29 is 5.11 Å². The Balaban J connectivity index is 1.95. The average molecular weight is 364 g/mol. The molecule has 1 aliphatic rings. The standard InChI is InChI=1S/C20H23Cl2NO/c1-13(24)12-23(2)20-10-8-15(16-5-3-4-6-17(16)20)14-7-9-18(21)19(22)11-14/h3-7,9,11,13,15,20,24H,8,10,12H2,1-2H3/t13?,15-,20-/m0/s1. The summed E-state index contributed by atoms with van der Waals surface area (Å²) in [6, 6.07) is 14.9. The molecule has 0 heterocycles. The van der Waals surface area contributed by atoms with Crippen molar-refractivity contribution >= 4 is 23.2 Å². The molecule has 0 radical (unpaired) electrons. The molecule has 0 fully saturated rings. The molecule has 0 aromatic heterocycles. The van der Waals surface area contributed by atoms with Crippen LogP contribution in [0.2, 0.25) is 10.0 Å². The van der Waals surface area contributed by atoms with Gasteiger partial charge in [0.1, 0.15) is 0 Å². The van der Waals surface area contributed by atoms with E-state index in [4.69, 9.17) is 23.2 Å². The van der Waals surface area contributed by atoms with E-state index >= 15 is 0 Å². The van der Waals surface area contributed by atoms with E-state index in [-0.39, 0.29) is 6.10 Å². The van der Waals surface area contributed by atoms with E-state index in [1.54, 1.807) is 0 Å². The third kappa shape index (κ3) is 3.62. The molecule has 2 aromatic rings. The van der Waals surface area contributed by atoms with Crippen molar-refractivity contribution in [2.24, 2.45) is 0 Å². The Labute approximate surface area is 154 Å². The Morgan fingerprint density at radius 1 is 1.08 bits per heavy atom. The summed E-state index contributed by atoms with van der Waals surface area (Å²) in [7, 11) is 2.09. The third-order valence-corrected chi connectivity index (χ3v) is 5.63. The van der Waals surface area contributed by atoms with Gasteiger partial charge in [0.25, 0.3) is 0 Å². The van der Waals surface area contributed by atoms with E-state index in [9.17, 15) is 5.11 Å². The normalized spacial score (nSPS) is 21.6. The molecule has 0 amide bonds. The molecule has 0 saturated heterocycles. The van der Waals surface area contributed by atoms with Crippen LogP contribution in [0.4, 0.5) is 0 Å². The summed E-state index contributed by atoms with van der Waals surface area (Å²) in [5.74, 6) is 0.340. The lowest BCUT2D eigenvalue weighted by Crippen LogP contribution is -2.34. The first kappa shape index (κ1) is 17.8. The second kappa shape index (κ2) is 7.45. The highest BCUT2D eigenvalue weighted by Crippen LogP contribution is 2.44. The molecule has 4 heteroatoms. The second-order valence-electron chi connectivity index (χ2n) is 6.74. The molecule has 128 valence electrons. The van der Waals surface area contributed by atoms with Gasteiger partial charge in [0.2, 0.25) is 0 Å². The Morgan fingerprint density at radius 2 is 1.79 bits per heavy atom. The van der Waals surface area contributed by atoms with Crippen molar-refractivity contribution in [3.05, 3.63) is 69.2 Å². The van der Waals surface area contributed by atoms with E-state index in [2.05, 4.69) is 42.3 Å². The average Bonchev–Trinajstić information content (AvgIpc) is 2.55. The number of nitrogens with zero attached hydrogens (tertiary/aromatic N) is 1. The van der Waals surface area contributed by atoms with Crippen LogP contribution in [0.15, 0.2) is 42.5 Å². The van der Waals surface area contributed by atoms with E-state index in [1.807, 2.05) is 19.1 Å². The maximum absolute atomic E-state index is 9.72. The number of fused-ring (bicyclic) bond motifs is 1. The maximum Gasteiger partial charge on any atom is 0.0639 e. The number of hydrogen-bond acceptors (Lipinski definition) is 2. The van der Waals surface area contributed by atoms with E-state index in [0.717, 1.165) is 12.8 Å². The summed E-state index contributed by atoms with van der Waals surface area (Å²) in [6.07, 6.45) is 1.80. The zero-order valence-corrected chi connectivity index (χ0v) is 15.6. The molecule has 24 heavy (non-hydrogen) atoms. The van der Waals surface area contributed by atoms with Crippen LogP contribution in [-0.4, -0.2) is 29.7 Å². The topological polar surface area (TPSA) is 23.5 Å². The van der Waals surface area contributed by atoms with Gasteiger partial charge in [-0.3, -0.25) is 4.90 Å². The molecule has 0 spiro atoms. The number of hydrogen-bond donors (Lipinski definition) is 1. The summed E-state index contributed by atoms with van der Waals surface area (Å²) in [5, 5.41) is 10.9. The zero-order chi connectivity index (χ0) is 17.3. The molecule has 0 saturated carbocycles. The Morgan fingerprint density at radius 3 is 2.46 bits per heavy atom. The van der Waals surface area contributed by atoms with Crippen molar-refractivity contribution in [2.75, 3.05) is 13.6 Å². The fourth-order valence-corrected chi connectivity index (χ4v) is 4.15. The fraction of sp³-hybridized carbons (Fsp3) is 0.400. The van der Waals surface area contributed by atoms with Crippen LogP contribution >= 0.6 is 23.2 Å². The van der Waals surface area contributed by atoms with Gasteiger partial charge in [-0.15, -0.1) is 0 Å². The molecule has 3 atom stereocenters. The molecular formula is C20H23Cl2NO. The lowest BCUT2D eigenvalue weighted by molar-refractivity contribution is 0.110. The molecule has 0 aliphatic heterocycles. The zero-order valence-electron chi connectivity index (χ0n) is 14.0. The SMILES string of the molecule is CC(O)CN(C)[C@H]1CC[C@@H](c2ccc(Cl)c(Cl)c2)c2ccccc21. The number of benzene rings is 2. The molecule has 1 unspecified atom stereocenters. The molecular weight excluding hydrogens is 341 g/mol. The summed E-state index contributed by atoms with van der Waals surface area (Å²) >= 11 is 12.3. The third-order valence-electron chi connectivity index (χ3n) is 4.89. The first-order valence-corrected chi connectivity index (χ1v) is 9.15. The predicted octanol–water partition coefficient (Wildman–Crippen LogP) is 5.27. The lowest BCUT2D eigenvalue weighted by Gasteiger charge is -2.37. The van der Waals surface area contributed by atoms with Crippen molar-refractivity contribution in [2.45, 2.75) is 37.8 Å². The van der Waals surface area contributed by atoms with Crippen molar-refractivity contribution in [1.29, 1.82) is 0 Å². The summed E-state index contributed by atoms with van der Waals surface area (Å²) < 4.78 is 0. The van der Waals surface area contributed by atoms with Gasteiger partial charge >= 0.3 is 0 Å². The monoisotopic (exact) mass is 363 g/mol. The van der Waals surface area contributed by atoms with E-state index in [0.29, 0.717) is 28.5 Å². The van der Waals surface area contributed by atoms with Crippen LogP contribution in [0.25, 0.3) is 0 Å². The molecule has 3 rings (SSSR count). The smallest absolute Gasteiger partial charge is 0.0639 e. The largest absolute Gasteiger partial charge is 0.392 e. The Kier molecular flexibility index (Phi) is 5.51. The van der Waals surface area contributed by atoms with Gasteiger partial charge in [-0.1, -0.05) is 53.5 Å². The van der Waals surface area contributed by atoms with Gasteiger partial charge in [0.15, 0.2) is 0 Å². The predicted molar refractivity (Wildman–Crippen MR) is 101 cm³/mol. The van der Waals surface area contributed by atoms with Crippen molar-refractivity contribution in [1.82, 2.24) is 4.90 Å². The molecule has 2 aromatic carbocycles. The quantitative estimate of drug-likeness (QED) is 0.799. The fourth-order valence-electron chi connectivity index (χ4n) is 3.84. The van der Waals surface area contributed by atoms with Crippen molar-refractivity contribution in [3.63, 3.8) is 0 Å².